The van der Waals surface area contributed by atoms with E-state index in [1.807, 2.05) is 42.2 Å². The molecule has 0 aliphatic carbocycles. The van der Waals surface area contributed by atoms with Gasteiger partial charge in [-0.05, 0) is 31.2 Å². The van der Waals surface area contributed by atoms with Crippen molar-refractivity contribution < 1.29 is 4.79 Å². The number of nitrogens with zero attached hydrogens (tertiary/aromatic N) is 4. The van der Waals surface area contributed by atoms with Gasteiger partial charge in [-0.25, -0.2) is 4.98 Å². The van der Waals surface area contributed by atoms with Crippen LogP contribution in [-0.2, 0) is 17.8 Å². The molecule has 1 aliphatic heterocycles. The number of amides is 1. The number of fused-ring (bicyclic) bond motifs is 1. The van der Waals surface area contributed by atoms with Crippen LogP contribution >= 0.6 is 22.9 Å². The molecule has 9 heteroatoms. The lowest BCUT2D eigenvalue weighted by atomic mass is 10.0. The minimum absolute atomic E-state index is 0.0252. The Hall–Kier alpha value is -2.45. The molecule has 0 radical (unpaired) electrons. The van der Waals surface area contributed by atoms with Gasteiger partial charge in [0.1, 0.15) is 11.1 Å². The molecule has 1 unspecified atom stereocenters. The fourth-order valence-corrected chi connectivity index (χ4v) is 4.92. The summed E-state index contributed by atoms with van der Waals surface area (Å²) in [5, 5.41) is 8.27. The fraction of sp³-hybridized carbons (Fsp3) is 0.429. The Morgan fingerprint density at radius 3 is 2.87 bits per heavy atom. The lowest BCUT2D eigenvalue weighted by Gasteiger charge is -2.34. The number of benzene rings is 1. The maximum absolute atomic E-state index is 12.9. The average Bonchev–Trinajstić information content (AvgIpc) is 3.20. The summed E-state index contributed by atoms with van der Waals surface area (Å²) in [6, 6.07) is 9.53. The molecule has 4 rings (SSSR count). The molecular weight excluding hydrogens is 422 g/mol. The number of carbonyl (C=O) groups excluding carboxylic acids is 1. The van der Waals surface area contributed by atoms with E-state index in [1.165, 1.54) is 15.9 Å². The van der Waals surface area contributed by atoms with Crippen molar-refractivity contribution in [2.24, 2.45) is 0 Å². The van der Waals surface area contributed by atoms with Gasteiger partial charge in [0.25, 0.3) is 5.56 Å². The lowest BCUT2D eigenvalue weighted by molar-refractivity contribution is -0.123. The van der Waals surface area contributed by atoms with E-state index in [0.29, 0.717) is 35.3 Å². The third-order valence-corrected chi connectivity index (χ3v) is 6.59. The van der Waals surface area contributed by atoms with E-state index in [-0.39, 0.29) is 22.5 Å². The van der Waals surface area contributed by atoms with Crippen molar-refractivity contribution in [3.05, 3.63) is 57.0 Å². The first-order chi connectivity index (χ1) is 14.6. The van der Waals surface area contributed by atoms with Gasteiger partial charge in [0, 0.05) is 13.1 Å². The fourth-order valence-electron chi connectivity index (χ4n) is 3.71. The number of hydrogen-bond donors (Lipinski definition) is 1. The predicted molar refractivity (Wildman–Crippen MR) is 119 cm³/mol. The van der Waals surface area contributed by atoms with Gasteiger partial charge in [0.05, 0.1) is 5.69 Å². The minimum Gasteiger partial charge on any atom is -0.350 e. The molecule has 1 saturated heterocycles. The van der Waals surface area contributed by atoms with Gasteiger partial charge in [-0.2, -0.15) is 4.52 Å². The van der Waals surface area contributed by atoms with E-state index >= 15 is 0 Å². The summed E-state index contributed by atoms with van der Waals surface area (Å²) in [5.41, 5.74) is 1.31. The summed E-state index contributed by atoms with van der Waals surface area (Å²) < 4.78 is 1.26. The van der Waals surface area contributed by atoms with Crippen LogP contribution in [0.2, 0.25) is 5.02 Å². The van der Waals surface area contributed by atoms with Crippen molar-refractivity contribution in [3.63, 3.8) is 0 Å². The third-order valence-electron chi connectivity index (χ3n) is 5.26. The maximum atomic E-state index is 12.9. The highest BCUT2D eigenvalue weighted by atomic mass is 35.5. The summed E-state index contributed by atoms with van der Waals surface area (Å²) in [6.45, 7) is 3.22. The molecule has 1 N–H and O–H groups in total. The minimum atomic E-state index is -0.352. The van der Waals surface area contributed by atoms with E-state index in [2.05, 4.69) is 15.4 Å². The summed E-state index contributed by atoms with van der Waals surface area (Å²) in [5.74, 6) is -0.0252. The molecular formula is C21H24ClN5O2S. The quantitative estimate of drug-likeness (QED) is 0.628. The molecule has 30 heavy (non-hydrogen) atoms. The average molecular weight is 446 g/mol. The van der Waals surface area contributed by atoms with Crippen LogP contribution in [0.3, 0.4) is 0 Å². The van der Waals surface area contributed by atoms with Crippen LogP contribution in [0, 0.1) is 0 Å². The maximum Gasteiger partial charge on any atom is 0.294 e. The zero-order valence-electron chi connectivity index (χ0n) is 16.8. The lowest BCUT2D eigenvalue weighted by Crippen LogP contribution is -2.49. The SMILES string of the molecule is CCCc1nc2sc(N3CCCCC3C(=O)NCc3ccccc3)nn2c(=O)c1Cl. The normalized spacial score (nSPS) is 16.7. The van der Waals surface area contributed by atoms with Gasteiger partial charge in [0.2, 0.25) is 16.0 Å². The third kappa shape index (κ3) is 4.20. The number of hydrogen-bond acceptors (Lipinski definition) is 6. The second kappa shape index (κ2) is 9.14. The van der Waals surface area contributed by atoms with Gasteiger partial charge in [-0.15, -0.1) is 5.10 Å². The molecule has 3 heterocycles. The number of aryl methyl sites for hydroxylation is 1. The molecule has 0 bridgehead atoms. The monoisotopic (exact) mass is 445 g/mol. The molecule has 158 valence electrons. The highest BCUT2D eigenvalue weighted by Crippen LogP contribution is 2.29. The Morgan fingerprint density at radius 1 is 1.30 bits per heavy atom. The molecule has 3 aromatic rings. The summed E-state index contributed by atoms with van der Waals surface area (Å²) in [4.78, 5) is 32.6. The first-order valence-corrected chi connectivity index (χ1v) is 11.4. The summed E-state index contributed by atoms with van der Waals surface area (Å²) in [6.07, 6.45) is 4.20. The summed E-state index contributed by atoms with van der Waals surface area (Å²) >= 11 is 7.55. The van der Waals surface area contributed by atoms with Crippen LogP contribution in [0.25, 0.3) is 4.96 Å². The Morgan fingerprint density at radius 2 is 2.10 bits per heavy atom. The molecule has 1 aromatic carbocycles. The largest absolute Gasteiger partial charge is 0.350 e. The topological polar surface area (TPSA) is 79.6 Å². The number of piperidine rings is 1. The Bertz CT molecular complexity index is 1100. The Labute approximate surface area is 183 Å². The van der Waals surface area contributed by atoms with Crippen molar-refractivity contribution in [1.29, 1.82) is 0 Å². The van der Waals surface area contributed by atoms with E-state index in [9.17, 15) is 9.59 Å². The summed E-state index contributed by atoms with van der Waals surface area (Å²) in [7, 11) is 0. The number of anilines is 1. The number of rotatable bonds is 6. The number of nitrogens with one attached hydrogen (secondary N) is 1. The van der Waals surface area contributed by atoms with Gasteiger partial charge in [-0.3, -0.25) is 9.59 Å². The molecule has 1 atom stereocenters. The highest BCUT2D eigenvalue weighted by molar-refractivity contribution is 7.20. The van der Waals surface area contributed by atoms with Crippen LogP contribution in [0.15, 0.2) is 35.1 Å². The predicted octanol–water partition coefficient (Wildman–Crippen LogP) is 3.43. The molecule has 2 aromatic heterocycles. The van der Waals surface area contributed by atoms with Crippen LogP contribution in [0.4, 0.5) is 5.13 Å². The zero-order valence-corrected chi connectivity index (χ0v) is 18.4. The van der Waals surface area contributed by atoms with Crippen molar-refractivity contribution in [3.8, 4) is 0 Å². The van der Waals surface area contributed by atoms with E-state index < -0.39 is 0 Å². The molecule has 1 fully saturated rings. The van der Waals surface area contributed by atoms with Gasteiger partial charge >= 0.3 is 0 Å². The number of carbonyl (C=O) groups is 1. The number of aromatic nitrogens is 3. The van der Waals surface area contributed by atoms with Crippen LogP contribution in [0.1, 0.15) is 43.9 Å². The first-order valence-electron chi connectivity index (χ1n) is 10.2. The van der Waals surface area contributed by atoms with Gasteiger partial charge in [0.15, 0.2) is 0 Å². The smallest absolute Gasteiger partial charge is 0.294 e. The van der Waals surface area contributed by atoms with E-state index in [1.54, 1.807) is 0 Å². The molecule has 0 spiro atoms. The van der Waals surface area contributed by atoms with Crippen molar-refractivity contribution >= 4 is 38.9 Å². The standard InChI is InChI=1S/C21H24ClN5O2S/c1-2-8-15-17(22)19(29)27-20(24-15)30-21(25-27)26-12-7-6-11-16(26)18(28)23-13-14-9-4-3-5-10-14/h3-5,9-10,16H,2,6-8,11-13H2,1H3,(H,23,28). The second-order valence-electron chi connectivity index (χ2n) is 7.42. The van der Waals surface area contributed by atoms with E-state index in [0.717, 1.165) is 31.2 Å². The molecule has 1 amide bonds. The van der Waals surface area contributed by atoms with Crippen molar-refractivity contribution in [1.82, 2.24) is 19.9 Å². The highest BCUT2D eigenvalue weighted by Gasteiger charge is 2.31. The molecule has 1 aliphatic rings. The number of halogens is 1. The van der Waals surface area contributed by atoms with Gasteiger partial charge in [-0.1, -0.05) is 66.6 Å². The van der Waals surface area contributed by atoms with Crippen LogP contribution in [-0.4, -0.2) is 33.1 Å². The van der Waals surface area contributed by atoms with Crippen molar-refractivity contribution in [2.45, 2.75) is 51.6 Å². The van der Waals surface area contributed by atoms with Crippen LogP contribution < -0.4 is 15.8 Å². The Kier molecular flexibility index (Phi) is 6.34. The van der Waals surface area contributed by atoms with E-state index in [4.69, 9.17) is 11.6 Å². The first kappa shape index (κ1) is 20.8. The van der Waals surface area contributed by atoms with Gasteiger partial charge < -0.3 is 10.2 Å². The second-order valence-corrected chi connectivity index (χ2v) is 8.73. The zero-order chi connectivity index (χ0) is 21.1. The molecule has 0 saturated carbocycles. The molecule has 7 nitrogen and oxygen atoms in total. The van der Waals surface area contributed by atoms with Crippen molar-refractivity contribution in [2.75, 3.05) is 11.4 Å². The van der Waals surface area contributed by atoms with Crippen LogP contribution in [0.5, 0.6) is 0 Å². The Balaban J connectivity index is 1.59.